The van der Waals surface area contributed by atoms with Crippen LogP contribution in [-0.4, -0.2) is 35.4 Å². The predicted molar refractivity (Wildman–Crippen MR) is 110 cm³/mol. The highest BCUT2D eigenvalue weighted by Crippen LogP contribution is 2.08. The van der Waals surface area contributed by atoms with Gasteiger partial charge in [0, 0.05) is 19.4 Å². The van der Waals surface area contributed by atoms with Crippen molar-refractivity contribution in [2.24, 2.45) is 10.9 Å². The van der Waals surface area contributed by atoms with Crippen molar-refractivity contribution in [3.05, 3.63) is 0 Å². The van der Waals surface area contributed by atoms with Gasteiger partial charge in [0.1, 0.15) is 11.9 Å². The maximum absolute atomic E-state index is 12.3. The first kappa shape index (κ1) is 25.2. The quantitative estimate of drug-likeness (QED) is 0.101. The van der Waals surface area contributed by atoms with Gasteiger partial charge in [-0.05, 0) is 12.8 Å². The van der Waals surface area contributed by atoms with Crippen molar-refractivity contribution in [3.63, 3.8) is 0 Å². The molecule has 0 radical (unpaired) electrons. The summed E-state index contributed by atoms with van der Waals surface area (Å²) in [7, 11) is 0. The van der Waals surface area contributed by atoms with Crippen LogP contribution in [0.25, 0.3) is 0 Å². The van der Waals surface area contributed by atoms with Crippen molar-refractivity contribution in [1.29, 1.82) is 0 Å². The molecule has 0 unspecified atom stereocenters. The Morgan fingerprint density at radius 1 is 0.926 bits per heavy atom. The van der Waals surface area contributed by atoms with Gasteiger partial charge in [-0.1, -0.05) is 76.8 Å². The molecule has 7 nitrogen and oxygen atoms in total. The minimum absolute atomic E-state index is 0.0000507. The highest BCUT2D eigenvalue weighted by Gasteiger charge is 2.21. The van der Waals surface area contributed by atoms with Crippen molar-refractivity contribution in [2.75, 3.05) is 6.54 Å². The molecule has 0 aromatic carbocycles. The lowest BCUT2D eigenvalue weighted by atomic mass is 10.1. The summed E-state index contributed by atoms with van der Waals surface area (Å²) in [4.78, 5) is 24.5. The largest absolute Gasteiger partial charge is 0.409 e. The number of nitrogens with zero attached hydrogens (tertiary/aromatic N) is 1. The first-order chi connectivity index (χ1) is 13.0. The van der Waals surface area contributed by atoms with E-state index >= 15 is 0 Å². The second-order valence-corrected chi connectivity index (χ2v) is 7.14. The minimum atomic E-state index is -0.802. The molecule has 0 aliphatic heterocycles. The number of amides is 2. The standard InChI is InChI=1S/C20H40N4O3/c1-3-5-7-9-10-11-12-14-19(25)23-17(16-18(21)24-27)20(26)22-15-13-8-6-4-2/h17,27H,3-16H2,1-2H3,(H2,21,24)(H,22,26)(H,23,25)/t17-/m0/s1. The molecule has 7 heteroatoms. The summed E-state index contributed by atoms with van der Waals surface area (Å²) in [5.41, 5.74) is 5.53. The van der Waals surface area contributed by atoms with Crippen LogP contribution in [0.2, 0.25) is 0 Å². The van der Waals surface area contributed by atoms with E-state index in [0.29, 0.717) is 13.0 Å². The molecule has 0 aromatic heterocycles. The smallest absolute Gasteiger partial charge is 0.243 e. The third kappa shape index (κ3) is 15.0. The Balaban J connectivity index is 4.22. The van der Waals surface area contributed by atoms with Gasteiger partial charge in [0.25, 0.3) is 0 Å². The Hall–Kier alpha value is -1.79. The molecule has 0 saturated carbocycles. The fraction of sp³-hybridized carbons (Fsp3) is 0.850. The molecule has 0 rings (SSSR count). The summed E-state index contributed by atoms with van der Waals surface area (Å²) in [6.07, 6.45) is 12.6. The summed E-state index contributed by atoms with van der Waals surface area (Å²) in [6, 6.07) is -0.802. The van der Waals surface area contributed by atoms with Gasteiger partial charge in [0.15, 0.2) is 0 Å². The molecular weight excluding hydrogens is 344 g/mol. The van der Waals surface area contributed by atoms with Crippen molar-refractivity contribution in [2.45, 2.75) is 103 Å². The van der Waals surface area contributed by atoms with Gasteiger partial charge in [-0.15, -0.1) is 0 Å². The molecule has 0 aromatic rings. The molecule has 0 saturated heterocycles. The Morgan fingerprint density at radius 3 is 2.07 bits per heavy atom. The van der Waals surface area contributed by atoms with E-state index < -0.39 is 6.04 Å². The normalized spacial score (nSPS) is 12.6. The number of carbonyl (C=O) groups excluding carboxylic acids is 2. The average molecular weight is 385 g/mol. The highest BCUT2D eigenvalue weighted by molar-refractivity contribution is 5.92. The van der Waals surface area contributed by atoms with Crippen LogP contribution in [0.3, 0.4) is 0 Å². The van der Waals surface area contributed by atoms with E-state index in [2.05, 4.69) is 29.6 Å². The van der Waals surface area contributed by atoms with Crippen molar-refractivity contribution in [1.82, 2.24) is 10.6 Å². The first-order valence-corrected chi connectivity index (χ1v) is 10.6. The molecule has 0 fully saturated rings. The topological polar surface area (TPSA) is 117 Å². The van der Waals surface area contributed by atoms with Crippen LogP contribution >= 0.6 is 0 Å². The van der Waals surface area contributed by atoms with Gasteiger partial charge in [0.2, 0.25) is 11.8 Å². The molecule has 2 amide bonds. The summed E-state index contributed by atoms with van der Waals surface area (Å²) in [5, 5.41) is 17.2. The van der Waals surface area contributed by atoms with Crippen LogP contribution in [-0.2, 0) is 9.59 Å². The van der Waals surface area contributed by atoms with Gasteiger partial charge in [-0.3, -0.25) is 9.59 Å². The van der Waals surface area contributed by atoms with E-state index in [0.717, 1.165) is 44.9 Å². The summed E-state index contributed by atoms with van der Waals surface area (Å²) >= 11 is 0. The SMILES string of the molecule is CCCCCCCCCC(=O)N[C@@H](C/C(N)=N/O)C(=O)NCCCCCC. The van der Waals surface area contributed by atoms with Crippen LogP contribution < -0.4 is 16.4 Å². The monoisotopic (exact) mass is 384 g/mol. The number of hydrogen-bond acceptors (Lipinski definition) is 4. The van der Waals surface area contributed by atoms with E-state index in [9.17, 15) is 9.59 Å². The Kier molecular flexibility index (Phi) is 16.4. The summed E-state index contributed by atoms with van der Waals surface area (Å²) < 4.78 is 0. The lowest BCUT2D eigenvalue weighted by Crippen LogP contribution is -2.48. The van der Waals surface area contributed by atoms with Gasteiger partial charge in [-0.25, -0.2) is 0 Å². The number of unbranched alkanes of at least 4 members (excludes halogenated alkanes) is 9. The zero-order valence-corrected chi connectivity index (χ0v) is 17.3. The number of amidine groups is 1. The Labute approximate surface area is 164 Å². The molecule has 158 valence electrons. The van der Waals surface area contributed by atoms with Crippen molar-refractivity contribution >= 4 is 17.6 Å². The first-order valence-electron chi connectivity index (χ1n) is 10.6. The molecule has 0 spiro atoms. The van der Waals surface area contributed by atoms with Crippen LogP contribution in [0.15, 0.2) is 5.16 Å². The Morgan fingerprint density at radius 2 is 1.48 bits per heavy atom. The molecule has 0 aliphatic rings. The van der Waals surface area contributed by atoms with E-state index in [-0.39, 0.29) is 24.1 Å². The van der Waals surface area contributed by atoms with E-state index in [1.54, 1.807) is 0 Å². The molecular formula is C20H40N4O3. The van der Waals surface area contributed by atoms with E-state index in [4.69, 9.17) is 10.9 Å². The minimum Gasteiger partial charge on any atom is -0.409 e. The Bertz CT molecular complexity index is 427. The van der Waals surface area contributed by atoms with Crippen molar-refractivity contribution in [3.8, 4) is 0 Å². The summed E-state index contributed by atoms with van der Waals surface area (Å²) in [5.74, 6) is -0.524. The number of nitrogens with one attached hydrogen (secondary N) is 2. The molecule has 1 atom stereocenters. The van der Waals surface area contributed by atoms with Gasteiger partial charge < -0.3 is 21.6 Å². The number of rotatable bonds is 17. The fourth-order valence-corrected chi connectivity index (χ4v) is 2.85. The van der Waals surface area contributed by atoms with Crippen LogP contribution in [0.5, 0.6) is 0 Å². The molecule has 27 heavy (non-hydrogen) atoms. The molecule has 5 N–H and O–H groups in total. The fourth-order valence-electron chi connectivity index (χ4n) is 2.85. The van der Waals surface area contributed by atoms with Gasteiger partial charge in [0.05, 0.1) is 0 Å². The second kappa shape index (κ2) is 17.6. The zero-order chi connectivity index (χ0) is 20.3. The number of nitrogens with two attached hydrogens (primary N) is 1. The third-order valence-corrected chi connectivity index (χ3v) is 4.53. The lowest BCUT2D eigenvalue weighted by Gasteiger charge is -2.18. The van der Waals surface area contributed by atoms with Gasteiger partial charge >= 0.3 is 0 Å². The third-order valence-electron chi connectivity index (χ3n) is 4.53. The van der Waals surface area contributed by atoms with E-state index in [1.807, 2.05) is 0 Å². The molecule has 0 aliphatic carbocycles. The van der Waals surface area contributed by atoms with E-state index in [1.165, 1.54) is 25.7 Å². The van der Waals surface area contributed by atoms with Gasteiger partial charge in [-0.2, -0.15) is 0 Å². The predicted octanol–water partition coefficient (Wildman–Crippen LogP) is 3.44. The molecule has 0 bridgehead atoms. The second-order valence-electron chi connectivity index (χ2n) is 7.14. The average Bonchev–Trinajstić information content (AvgIpc) is 2.66. The number of hydrogen-bond donors (Lipinski definition) is 4. The maximum Gasteiger partial charge on any atom is 0.243 e. The maximum atomic E-state index is 12.3. The summed E-state index contributed by atoms with van der Waals surface area (Å²) in [6.45, 7) is 4.89. The number of oxime groups is 1. The molecule has 0 heterocycles. The van der Waals surface area contributed by atoms with Crippen molar-refractivity contribution < 1.29 is 14.8 Å². The van der Waals surface area contributed by atoms with Crippen LogP contribution in [0.4, 0.5) is 0 Å². The number of carbonyl (C=O) groups is 2. The lowest BCUT2D eigenvalue weighted by molar-refractivity contribution is -0.128. The highest BCUT2D eigenvalue weighted by atomic mass is 16.4. The van der Waals surface area contributed by atoms with Crippen LogP contribution in [0.1, 0.15) is 97.3 Å². The van der Waals surface area contributed by atoms with Crippen LogP contribution in [0, 0.1) is 0 Å². The zero-order valence-electron chi connectivity index (χ0n) is 17.3.